The van der Waals surface area contributed by atoms with Crippen molar-refractivity contribution in [2.75, 3.05) is 7.11 Å². The Balaban J connectivity index is 3.44. The summed E-state index contributed by atoms with van der Waals surface area (Å²) in [5.74, 6) is -2.77. The molecular weight excluding hydrogens is 212 g/mol. The lowest BCUT2D eigenvalue weighted by atomic mass is 10.1. The van der Waals surface area contributed by atoms with Gasteiger partial charge in [0.2, 0.25) is 0 Å². The van der Waals surface area contributed by atoms with Gasteiger partial charge in [-0.05, 0) is 0 Å². The van der Waals surface area contributed by atoms with Crippen molar-refractivity contribution in [2.45, 2.75) is 0 Å². The maximum absolute atomic E-state index is 11.0. The second-order valence-electron chi connectivity index (χ2n) is 2.44. The van der Waals surface area contributed by atoms with E-state index < -0.39 is 33.8 Å². The number of phenolic OH excluding ortho intramolecular Hbond substituents is 3. The molecule has 0 aliphatic heterocycles. The molecule has 0 aliphatic rings. The van der Waals surface area contributed by atoms with Crippen LogP contribution in [0.25, 0.3) is 0 Å². The summed E-state index contributed by atoms with van der Waals surface area (Å²) in [6.07, 6.45) is 0. The van der Waals surface area contributed by atoms with Gasteiger partial charge >= 0.3 is 5.97 Å². The lowest BCUT2D eigenvalue weighted by molar-refractivity contribution is 0.0594. The third-order valence-electron chi connectivity index (χ3n) is 1.59. The Bertz CT molecular complexity index is 388. The summed E-state index contributed by atoms with van der Waals surface area (Å²) >= 11 is 5.44. The molecule has 1 aromatic rings. The van der Waals surface area contributed by atoms with Crippen molar-refractivity contribution in [2.24, 2.45) is 0 Å². The number of aromatic hydroxyl groups is 3. The number of hydrogen-bond acceptors (Lipinski definition) is 5. The minimum absolute atomic E-state index is 0.414. The van der Waals surface area contributed by atoms with Crippen LogP contribution in [0.5, 0.6) is 17.2 Å². The molecule has 6 heteroatoms. The summed E-state index contributed by atoms with van der Waals surface area (Å²) in [5.41, 5.74) is -0.477. The first-order chi connectivity index (χ1) is 6.49. The molecular formula is C8H7ClO5. The van der Waals surface area contributed by atoms with Gasteiger partial charge in [-0.2, -0.15) is 0 Å². The van der Waals surface area contributed by atoms with Gasteiger partial charge in [-0.15, -0.1) is 0 Å². The molecule has 14 heavy (non-hydrogen) atoms. The van der Waals surface area contributed by atoms with E-state index in [1.165, 1.54) is 0 Å². The van der Waals surface area contributed by atoms with Crippen LogP contribution in [-0.2, 0) is 4.74 Å². The van der Waals surface area contributed by atoms with Crippen LogP contribution in [0.1, 0.15) is 10.4 Å². The molecule has 76 valence electrons. The zero-order valence-corrected chi connectivity index (χ0v) is 7.87. The molecule has 0 aliphatic carbocycles. The van der Waals surface area contributed by atoms with E-state index in [0.29, 0.717) is 0 Å². The average molecular weight is 219 g/mol. The van der Waals surface area contributed by atoms with Crippen LogP contribution in [0.15, 0.2) is 6.07 Å². The maximum atomic E-state index is 11.0. The summed E-state index contributed by atoms with van der Waals surface area (Å²) in [4.78, 5) is 11.0. The van der Waals surface area contributed by atoms with Gasteiger partial charge in [-0.3, -0.25) is 0 Å². The largest absolute Gasteiger partial charge is 0.507 e. The zero-order valence-electron chi connectivity index (χ0n) is 7.11. The highest BCUT2D eigenvalue weighted by atomic mass is 35.5. The fourth-order valence-corrected chi connectivity index (χ4v) is 1.07. The monoisotopic (exact) mass is 218 g/mol. The van der Waals surface area contributed by atoms with Gasteiger partial charge in [0.1, 0.15) is 22.1 Å². The number of carbonyl (C=O) groups excluding carboxylic acids is 1. The summed E-state index contributed by atoms with van der Waals surface area (Å²) < 4.78 is 4.29. The molecule has 0 saturated carbocycles. The van der Waals surface area contributed by atoms with Gasteiger partial charge < -0.3 is 20.1 Å². The molecule has 0 bridgehead atoms. The van der Waals surface area contributed by atoms with Crippen molar-refractivity contribution < 1.29 is 24.9 Å². The lowest BCUT2D eigenvalue weighted by Crippen LogP contribution is -2.02. The van der Waals surface area contributed by atoms with Crippen molar-refractivity contribution in [3.63, 3.8) is 0 Å². The van der Waals surface area contributed by atoms with Gasteiger partial charge in [0.25, 0.3) is 0 Å². The molecule has 0 saturated heterocycles. The van der Waals surface area contributed by atoms with E-state index in [0.717, 1.165) is 13.2 Å². The standard InChI is InChI=1S/C8H7ClO5/c1-14-8(13)5-3(10)2-4(11)6(9)7(5)12/h2,10-12H,1H3. The Labute approximate surface area is 84.1 Å². The van der Waals surface area contributed by atoms with Crippen LogP contribution in [0.3, 0.4) is 0 Å². The van der Waals surface area contributed by atoms with E-state index in [-0.39, 0.29) is 0 Å². The topological polar surface area (TPSA) is 87.0 Å². The van der Waals surface area contributed by atoms with Crippen molar-refractivity contribution in [1.82, 2.24) is 0 Å². The Hall–Kier alpha value is -1.62. The third-order valence-corrected chi connectivity index (χ3v) is 1.96. The van der Waals surface area contributed by atoms with Crippen molar-refractivity contribution in [1.29, 1.82) is 0 Å². The fourth-order valence-electron chi connectivity index (χ4n) is 0.921. The molecule has 3 N–H and O–H groups in total. The van der Waals surface area contributed by atoms with E-state index >= 15 is 0 Å². The van der Waals surface area contributed by atoms with Gasteiger partial charge in [0.05, 0.1) is 7.11 Å². The Morgan fingerprint density at radius 2 is 1.93 bits per heavy atom. The van der Waals surface area contributed by atoms with Gasteiger partial charge in [0.15, 0.2) is 5.75 Å². The van der Waals surface area contributed by atoms with Crippen molar-refractivity contribution in [3.8, 4) is 17.2 Å². The molecule has 1 rings (SSSR count). The van der Waals surface area contributed by atoms with Gasteiger partial charge in [0, 0.05) is 6.07 Å². The molecule has 1 aromatic carbocycles. The smallest absolute Gasteiger partial charge is 0.345 e. The highest BCUT2D eigenvalue weighted by Crippen LogP contribution is 2.40. The predicted octanol–water partition coefficient (Wildman–Crippen LogP) is 1.24. The highest BCUT2D eigenvalue weighted by molar-refractivity contribution is 6.34. The summed E-state index contributed by atoms with van der Waals surface area (Å²) in [5, 5.41) is 27.2. The molecule has 5 nitrogen and oxygen atoms in total. The Morgan fingerprint density at radius 3 is 2.43 bits per heavy atom. The molecule has 0 spiro atoms. The molecule has 0 unspecified atom stereocenters. The Kier molecular flexibility index (Phi) is 2.71. The number of ether oxygens (including phenoxy) is 1. The second kappa shape index (κ2) is 3.63. The van der Waals surface area contributed by atoms with E-state index in [1.54, 1.807) is 0 Å². The minimum atomic E-state index is -0.943. The first-order valence-electron chi connectivity index (χ1n) is 3.50. The van der Waals surface area contributed by atoms with Gasteiger partial charge in [-0.25, -0.2) is 4.79 Å². The number of rotatable bonds is 1. The first-order valence-corrected chi connectivity index (χ1v) is 3.88. The summed E-state index contributed by atoms with van der Waals surface area (Å²) in [7, 11) is 1.09. The highest BCUT2D eigenvalue weighted by Gasteiger charge is 2.22. The van der Waals surface area contributed by atoms with E-state index in [2.05, 4.69) is 4.74 Å². The van der Waals surface area contributed by atoms with Crippen LogP contribution in [-0.4, -0.2) is 28.4 Å². The number of halogens is 1. The lowest BCUT2D eigenvalue weighted by Gasteiger charge is -2.07. The van der Waals surface area contributed by atoms with Crippen LogP contribution in [0.2, 0.25) is 5.02 Å². The number of phenols is 3. The second-order valence-corrected chi connectivity index (χ2v) is 2.82. The fraction of sp³-hybridized carbons (Fsp3) is 0.125. The van der Waals surface area contributed by atoms with Crippen molar-refractivity contribution in [3.05, 3.63) is 16.7 Å². The number of methoxy groups -OCH3 is 1. The van der Waals surface area contributed by atoms with Crippen molar-refractivity contribution >= 4 is 17.6 Å². The molecule has 0 radical (unpaired) electrons. The molecule has 0 amide bonds. The van der Waals surface area contributed by atoms with Gasteiger partial charge in [-0.1, -0.05) is 11.6 Å². The number of carbonyl (C=O) groups is 1. The van der Waals surface area contributed by atoms with Crippen LogP contribution in [0.4, 0.5) is 0 Å². The molecule has 0 atom stereocenters. The van der Waals surface area contributed by atoms with E-state index in [4.69, 9.17) is 16.7 Å². The van der Waals surface area contributed by atoms with E-state index in [1.807, 2.05) is 0 Å². The molecule has 0 aromatic heterocycles. The van der Waals surface area contributed by atoms with Crippen LogP contribution < -0.4 is 0 Å². The van der Waals surface area contributed by atoms with Crippen LogP contribution in [0, 0.1) is 0 Å². The third kappa shape index (κ3) is 1.54. The SMILES string of the molecule is COC(=O)c1c(O)cc(O)c(Cl)c1O. The normalized spacial score (nSPS) is 9.86. The predicted molar refractivity (Wildman–Crippen MR) is 47.8 cm³/mol. The first kappa shape index (κ1) is 10.5. The molecule has 0 fully saturated rings. The van der Waals surface area contributed by atoms with E-state index in [9.17, 15) is 15.0 Å². The minimum Gasteiger partial charge on any atom is -0.507 e. The summed E-state index contributed by atoms with van der Waals surface area (Å²) in [6, 6.07) is 0.842. The number of hydrogen-bond donors (Lipinski definition) is 3. The molecule has 0 heterocycles. The van der Waals surface area contributed by atoms with Crippen LogP contribution >= 0.6 is 11.6 Å². The Morgan fingerprint density at radius 1 is 1.36 bits per heavy atom. The number of benzene rings is 1. The maximum Gasteiger partial charge on any atom is 0.345 e. The quantitative estimate of drug-likeness (QED) is 0.618. The zero-order chi connectivity index (χ0) is 10.9. The average Bonchev–Trinajstić information content (AvgIpc) is 2.14. The number of esters is 1. The summed E-state index contributed by atoms with van der Waals surface area (Å²) in [6.45, 7) is 0.